The zero-order valence-electron chi connectivity index (χ0n) is 10.0. The van der Waals surface area contributed by atoms with E-state index in [-0.39, 0.29) is 12.5 Å². The van der Waals surface area contributed by atoms with E-state index in [1.165, 1.54) is 0 Å². The van der Waals surface area contributed by atoms with Crippen LogP contribution in [0.1, 0.15) is 11.1 Å². The second-order valence-electron chi connectivity index (χ2n) is 3.70. The number of amides is 1. The Hall–Kier alpha value is -2.06. The molecule has 0 bridgehead atoms. The Morgan fingerprint density at radius 1 is 1.59 bits per heavy atom. The Labute approximate surface area is 101 Å². The molecule has 0 heterocycles. The molecule has 1 rings (SSSR count). The summed E-state index contributed by atoms with van der Waals surface area (Å²) in [5.74, 6) is -0.0979. The van der Waals surface area contributed by atoms with Gasteiger partial charge in [0.1, 0.15) is 6.07 Å². The quantitative estimate of drug-likeness (QED) is 0.777. The first kappa shape index (κ1) is 13.0. The summed E-state index contributed by atoms with van der Waals surface area (Å²) in [5.41, 5.74) is 7.67. The Kier molecular flexibility index (Phi) is 4.49. The lowest BCUT2D eigenvalue weighted by Crippen LogP contribution is -2.33. The van der Waals surface area contributed by atoms with Gasteiger partial charge in [-0.1, -0.05) is 6.07 Å². The summed E-state index contributed by atoms with van der Waals surface area (Å²) in [5, 5.41) is 11.6. The van der Waals surface area contributed by atoms with E-state index in [0.29, 0.717) is 12.1 Å². The van der Waals surface area contributed by atoms with E-state index in [9.17, 15) is 4.79 Å². The maximum Gasteiger partial charge on any atom is 0.239 e. The second kappa shape index (κ2) is 5.87. The average Bonchev–Trinajstić information content (AvgIpc) is 2.37. The van der Waals surface area contributed by atoms with Crippen LogP contribution in [-0.2, 0) is 11.3 Å². The summed E-state index contributed by atoms with van der Waals surface area (Å²) in [6.45, 7) is 0.612. The number of nitrogens with two attached hydrogens (primary N) is 1. The van der Waals surface area contributed by atoms with E-state index in [0.717, 1.165) is 11.3 Å². The first-order valence-corrected chi connectivity index (χ1v) is 5.27. The van der Waals surface area contributed by atoms with Crippen molar-refractivity contribution in [3.63, 3.8) is 0 Å². The van der Waals surface area contributed by atoms with Crippen LogP contribution in [0.3, 0.4) is 0 Å². The van der Waals surface area contributed by atoms with E-state index < -0.39 is 0 Å². The van der Waals surface area contributed by atoms with Crippen LogP contribution < -0.4 is 16.0 Å². The van der Waals surface area contributed by atoms with Crippen LogP contribution >= 0.6 is 0 Å². The monoisotopic (exact) mass is 232 g/mol. The number of nitriles is 1. The molecule has 1 aromatic rings. The van der Waals surface area contributed by atoms with Crippen LogP contribution in [0.15, 0.2) is 18.2 Å². The van der Waals surface area contributed by atoms with Gasteiger partial charge in [-0.05, 0) is 17.7 Å². The van der Waals surface area contributed by atoms with Crippen molar-refractivity contribution in [2.45, 2.75) is 6.54 Å². The Bertz CT molecular complexity index is 450. The Morgan fingerprint density at radius 2 is 2.29 bits per heavy atom. The lowest BCUT2D eigenvalue weighted by Gasteiger charge is -2.19. The number of carbonyl (C=O) groups excluding carboxylic acids is 1. The predicted molar refractivity (Wildman–Crippen MR) is 66.4 cm³/mol. The molecule has 3 N–H and O–H groups in total. The van der Waals surface area contributed by atoms with Gasteiger partial charge in [0.15, 0.2) is 0 Å². The molecule has 17 heavy (non-hydrogen) atoms. The van der Waals surface area contributed by atoms with Crippen LogP contribution in [0, 0.1) is 11.3 Å². The number of hydrogen-bond acceptors (Lipinski definition) is 4. The highest BCUT2D eigenvalue weighted by atomic mass is 16.1. The van der Waals surface area contributed by atoms with Gasteiger partial charge in [0.25, 0.3) is 0 Å². The van der Waals surface area contributed by atoms with Crippen molar-refractivity contribution in [3.8, 4) is 6.07 Å². The van der Waals surface area contributed by atoms with Crippen LogP contribution in [0.4, 0.5) is 5.69 Å². The van der Waals surface area contributed by atoms with Crippen molar-refractivity contribution in [1.29, 1.82) is 5.26 Å². The minimum Gasteiger partial charge on any atom is -0.364 e. The molecule has 0 aliphatic rings. The van der Waals surface area contributed by atoms with Crippen molar-refractivity contribution >= 4 is 11.6 Å². The number of nitrogens with zero attached hydrogens (tertiary/aromatic N) is 2. The molecule has 0 saturated carbocycles. The highest BCUT2D eigenvalue weighted by Gasteiger charge is 2.10. The van der Waals surface area contributed by atoms with Gasteiger partial charge >= 0.3 is 0 Å². The number of anilines is 1. The molecule has 5 heteroatoms. The molecular formula is C12H16N4O. The van der Waals surface area contributed by atoms with Gasteiger partial charge in [0.05, 0.1) is 17.8 Å². The van der Waals surface area contributed by atoms with Gasteiger partial charge in [0, 0.05) is 20.6 Å². The molecule has 90 valence electrons. The molecule has 0 aliphatic heterocycles. The Morgan fingerprint density at radius 3 is 2.82 bits per heavy atom. The fraction of sp³-hybridized carbons (Fsp3) is 0.333. The van der Waals surface area contributed by atoms with E-state index in [1.807, 2.05) is 12.1 Å². The van der Waals surface area contributed by atoms with Gasteiger partial charge in [0.2, 0.25) is 5.91 Å². The average molecular weight is 232 g/mol. The topological polar surface area (TPSA) is 82.2 Å². The third-order valence-corrected chi connectivity index (χ3v) is 2.49. The fourth-order valence-electron chi connectivity index (χ4n) is 1.51. The number of benzene rings is 1. The minimum atomic E-state index is -0.0979. The van der Waals surface area contributed by atoms with Crippen molar-refractivity contribution < 1.29 is 4.79 Å². The van der Waals surface area contributed by atoms with Gasteiger partial charge < -0.3 is 16.0 Å². The van der Waals surface area contributed by atoms with Crippen LogP contribution in [-0.4, -0.2) is 26.5 Å². The molecule has 0 aromatic heterocycles. The van der Waals surface area contributed by atoms with Gasteiger partial charge in [-0.15, -0.1) is 0 Å². The number of carbonyl (C=O) groups is 1. The van der Waals surface area contributed by atoms with Crippen LogP contribution in [0.25, 0.3) is 0 Å². The van der Waals surface area contributed by atoms with Gasteiger partial charge in [-0.3, -0.25) is 4.79 Å². The maximum atomic E-state index is 11.3. The molecule has 0 atom stereocenters. The highest BCUT2D eigenvalue weighted by molar-refractivity contribution is 5.81. The summed E-state index contributed by atoms with van der Waals surface area (Å²) in [4.78, 5) is 13.0. The highest BCUT2D eigenvalue weighted by Crippen LogP contribution is 2.20. The number of nitrogens with one attached hydrogen (secondary N) is 1. The van der Waals surface area contributed by atoms with Crippen molar-refractivity contribution in [3.05, 3.63) is 29.3 Å². The largest absolute Gasteiger partial charge is 0.364 e. The number of rotatable bonds is 4. The van der Waals surface area contributed by atoms with Crippen molar-refractivity contribution in [2.24, 2.45) is 5.73 Å². The molecule has 1 aromatic carbocycles. The van der Waals surface area contributed by atoms with Crippen LogP contribution in [0.5, 0.6) is 0 Å². The van der Waals surface area contributed by atoms with Gasteiger partial charge in [-0.25, -0.2) is 0 Å². The maximum absolute atomic E-state index is 11.3. The first-order chi connectivity index (χ1) is 8.12. The number of hydrogen-bond donors (Lipinski definition) is 2. The SMILES string of the molecule is CNC(=O)CN(C)c1ccc(CN)cc1C#N. The molecule has 0 spiro atoms. The third-order valence-electron chi connectivity index (χ3n) is 2.49. The smallest absolute Gasteiger partial charge is 0.239 e. The summed E-state index contributed by atoms with van der Waals surface area (Å²) in [6, 6.07) is 7.53. The van der Waals surface area contributed by atoms with Gasteiger partial charge in [-0.2, -0.15) is 5.26 Å². The van der Waals surface area contributed by atoms with E-state index >= 15 is 0 Å². The summed E-state index contributed by atoms with van der Waals surface area (Å²) in [7, 11) is 3.35. The number of likely N-dealkylation sites (N-methyl/N-ethyl adjacent to an activating group) is 2. The summed E-state index contributed by atoms with van der Waals surface area (Å²) < 4.78 is 0. The lowest BCUT2D eigenvalue weighted by atomic mass is 10.1. The Balaban J connectivity index is 2.97. The summed E-state index contributed by atoms with van der Waals surface area (Å²) >= 11 is 0. The van der Waals surface area contributed by atoms with E-state index in [1.54, 1.807) is 25.1 Å². The lowest BCUT2D eigenvalue weighted by molar-refractivity contribution is -0.119. The molecular weight excluding hydrogens is 216 g/mol. The predicted octanol–water partition coefficient (Wildman–Crippen LogP) is 0.199. The molecule has 5 nitrogen and oxygen atoms in total. The zero-order chi connectivity index (χ0) is 12.8. The normalized spacial score (nSPS) is 9.53. The zero-order valence-corrected chi connectivity index (χ0v) is 10.0. The third kappa shape index (κ3) is 3.20. The van der Waals surface area contributed by atoms with Crippen molar-refractivity contribution in [2.75, 3.05) is 25.5 Å². The molecule has 0 radical (unpaired) electrons. The standard InChI is InChI=1S/C12H16N4O/c1-15-12(17)8-16(2)11-4-3-9(6-13)5-10(11)7-14/h3-5H,6,8,13H2,1-2H3,(H,15,17). The van der Waals surface area contributed by atoms with E-state index in [2.05, 4.69) is 11.4 Å². The molecule has 0 saturated heterocycles. The first-order valence-electron chi connectivity index (χ1n) is 5.27. The molecule has 0 fully saturated rings. The molecule has 0 unspecified atom stereocenters. The van der Waals surface area contributed by atoms with E-state index in [4.69, 9.17) is 11.0 Å². The molecule has 0 aliphatic carbocycles. The minimum absolute atomic E-state index is 0.0979. The summed E-state index contributed by atoms with van der Waals surface area (Å²) in [6.07, 6.45) is 0. The second-order valence-corrected chi connectivity index (χ2v) is 3.70. The fourth-order valence-corrected chi connectivity index (χ4v) is 1.51. The molecule has 1 amide bonds. The van der Waals surface area contributed by atoms with Crippen LogP contribution in [0.2, 0.25) is 0 Å². The van der Waals surface area contributed by atoms with Crippen molar-refractivity contribution in [1.82, 2.24) is 5.32 Å².